The van der Waals surface area contributed by atoms with Gasteiger partial charge in [-0.1, -0.05) is 48.5 Å². The van der Waals surface area contributed by atoms with Gasteiger partial charge in [-0.2, -0.15) is 0 Å². The predicted molar refractivity (Wildman–Crippen MR) is 161 cm³/mol. The molecule has 3 atom stereocenters. The predicted octanol–water partition coefficient (Wildman–Crippen LogP) is 1.79. The van der Waals surface area contributed by atoms with E-state index in [-0.39, 0.29) is 35.5 Å². The number of carbonyl (C=O) groups is 3. The molecule has 222 valence electrons. The molecule has 1 aliphatic rings. The summed E-state index contributed by atoms with van der Waals surface area (Å²) < 4.78 is 0. The standard InChI is InChI=1S/C31H42N6O3.H2O/c1-21(33-2)28(38)27-24(23-14-9-10-15-26(23)34-27)18-25(32)29(39)37-17-11-16-31(20-37,30(40)36(5)35(3)4)19-22-12-7-6-8-13-22;/h6-10,12-15,21,25,33-34H,11,16-20,32H2,1-5H3;1H2/t21?,25-,31-;/m1./s1. The molecule has 2 heterocycles. The number of Topliss-reactive ketones (excluding diaryl/α,β-unsaturated/α-hetero) is 1. The Kier molecular flexibility index (Phi) is 10.4. The number of hydrogen-bond donors (Lipinski definition) is 3. The minimum atomic E-state index is -0.857. The number of H-pyrrole nitrogens is 1. The number of fused-ring (bicyclic) bond motifs is 1. The topological polar surface area (TPSA) is 146 Å². The van der Waals surface area contributed by atoms with E-state index in [1.54, 1.807) is 29.0 Å². The molecule has 10 nitrogen and oxygen atoms in total. The fraction of sp³-hybridized carbons (Fsp3) is 0.452. The van der Waals surface area contributed by atoms with Crippen LogP contribution in [0.25, 0.3) is 10.9 Å². The van der Waals surface area contributed by atoms with E-state index in [1.165, 1.54) is 0 Å². The molecule has 0 spiro atoms. The van der Waals surface area contributed by atoms with Crippen molar-refractivity contribution >= 4 is 28.5 Å². The first-order chi connectivity index (χ1) is 19.1. The summed E-state index contributed by atoms with van der Waals surface area (Å²) in [5.41, 5.74) is 8.95. The van der Waals surface area contributed by atoms with Crippen LogP contribution in [-0.2, 0) is 22.4 Å². The number of likely N-dealkylation sites (tertiary alicyclic amines) is 1. The van der Waals surface area contributed by atoms with Crippen molar-refractivity contribution in [3.8, 4) is 0 Å². The Balaban J connectivity index is 0.00000462. The molecule has 6 N–H and O–H groups in total. The van der Waals surface area contributed by atoms with E-state index in [0.29, 0.717) is 38.0 Å². The third kappa shape index (κ3) is 6.68. The van der Waals surface area contributed by atoms with Crippen LogP contribution in [0.2, 0.25) is 0 Å². The van der Waals surface area contributed by atoms with E-state index in [9.17, 15) is 14.4 Å². The van der Waals surface area contributed by atoms with Gasteiger partial charge >= 0.3 is 0 Å². The lowest BCUT2D eigenvalue weighted by Crippen LogP contribution is -2.58. The molecule has 1 aromatic heterocycles. The molecule has 0 radical (unpaired) electrons. The first-order valence-electron chi connectivity index (χ1n) is 13.9. The average Bonchev–Trinajstić information content (AvgIpc) is 3.33. The summed E-state index contributed by atoms with van der Waals surface area (Å²) in [6, 6.07) is 16.4. The van der Waals surface area contributed by atoms with Gasteiger partial charge in [0.1, 0.15) is 0 Å². The van der Waals surface area contributed by atoms with Gasteiger partial charge in [0.15, 0.2) is 5.78 Å². The third-order valence-corrected chi connectivity index (χ3v) is 8.25. The number of nitrogens with two attached hydrogens (primary N) is 1. The van der Waals surface area contributed by atoms with Crippen molar-refractivity contribution in [2.24, 2.45) is 11.1 Å². The van der Waals surface area contributed by atoms with Gasteiger partial charge in [-0.15, -0.1) is 0 Å². The highest BCUT2D eigenvalue weighted by Gasteiger charge is 2.46. The fourth-order valence-electron chi connectivity index (χ4n) is 5.74. The number of benzene rings is 2. The Bertz CT molecular complexity index is 1360. The number of carbonyl (C=O) groups excluding carboxylic acids is 3. The van der Waals surface area contributed by atoms with E-state index in [2.05, 4.69) is 10.3 Å². The van der Waals surface area contributed by atoms with Gasteiger partial charge in [-0.3, -0.25) is 19.4 Å². The SMILES string of the molecule is CNC(C)C(=O)c1[nH]c2ccccc2c1C[C@@H](N)C(=O)N1CCC[C@](Cc2ccccc2)(C(=O)N(C)N(C)C)C1.O. The van der Waals surface area contributed by atoms with Crippen LogP contribution in [0.3, 0.4) is 0 Å². The number of piperidine rings is 1. The third-order valence-electron chi connectivity index (χ3n) is 8.25. The summed E-state index contributed by atoms with van der Waals surface area (Å²) in [5, 5.41) is 7.29. The molecule has 1 saturated heterocycles. The molecule has 2 amide bonds. The first kappa shape index (κ1) is 32.0. The first-order valence-corrected chi connectivity index (χ1v) is 13.9. The molecule has 4 rings (SSSR count). The van der Waals surface area contributed by atoms with Gasteiger partial charge < -0.3 is 26.4 Å². The maximum Gasteiger partial charge on any atom is 0.244 e. The minimum Gasteiger partial charge on any atom is -0.412 e. The number of nitrogens with one attached hydrogen (secondary N) is 2. The number of ketones is 1. The van der Waals surface area contributed by atoms with Crippen molar-refractivity contribution in [1.29, 1.82) is 0 Å². The van der Waals surface area contributed by atoms with E-state index >= 15 is 0 Å². The highest BCUT2D eigenvalue weighted by atomic mass is 16.2. The fourth-order valence-corrected chi connectivity index (χ4v) is 5.74. The van der Waals surface area contributed by atoms with E-state index in [0.717, 1.165) is 22.0 Å². The number of aromatic nitrogens is 1. The molecular formula is C31H44N6O4. The zero-order valence-electron chi connectivity index (χ0n) is 24.7. The van der Waals surface area contributed by atoms with Crippen LogP contribution in [0.5, 0.6) is 0 Å². The zero-order valence-corrected chi connectivity index (χ0v) is 24.7. The van der Waals surface area contributed by atoms with Gasteiger partial charge in [0.05, 0.1) is 23.2 Å². The molecule has 0 aliphatic carbocycles. The summed E-state index contributed by atoms with van der Waals surface area (Å²) in [6.07, 6.45) is 2.14. The molecule has 1 fully saturated rings. The Labute approximate surface area is 242 Å². The summed E-state index contributed by atoms with van der Waals surface area (Å²) >= 11 is 0. The monoisotopic (exact) mass is 564 g/mol. The number of likely N-dealkylation sites (N-methyl/N-ethyl adjacent to an activating group) is 1. The largest absolute Gasteiger partial charge is 0.412 e. The van der Waals surface area contributed by atoms with Crippen LogP contribution < -0.4 is 11.1 Å². The van der Waals surface area contributed by atoms with Gasteiger partial charge in [0, 0.05) is 45.1 Å². The van der Waals surface area contributed by atoms with Gasteiger partial charge in [0.2, 0.25) is 11.8 Å². The highest BCUT2D eigenvalue weighted by Crippen LogP contribution is 2.36. The minimum absolute atomic E-state index is 0. The summed E-state index contributed by atoms with van der Waals surface area (Å²) in [7, 11) is 7.19. The van der Waals surface area contributed by atoms with Gasteiger partial charge in [-0.25, -0.2) is 5.01 Å². The van der Waals surface area contributed by atoms with Crippen molar-refractivity contribution in [3.05, 3.63) is 71.4 Å². The summed E-state index contributed by atoms with van der Waals surface area (Å²) in [6.45, 7) is 2.64. The van der Waals surface area contributed by atoms with Crippen molar-refractivity contribution in [2.75, 3.05) is 41.3 Å². The van der Waals surface area contributed by atoms with Crippen molar-refractivity contribution < 1.29 is 19.9 Å². The Morgan fingerprint density at radius 1 is 1.07 bits per heavy atom. The number of nitrogens with zero attached hydrogens (tertiary/aromatic N) is 3. The second-order valence-electron chi connectivity index (χ2n) is 11.2. The zero-order chi connectivity index (χ0) is 29.0. The average molecular weight is 565 g/mol. The Morgan fingerprint density at radius 2 is 1.73 bits per heavy atom. The van der Waals surface area contributed by atoms with Crippen LogP contribution in [0.4, 0.5) is 0 Å². The molecule has 0 bridgehead atoms. The number of rotatable bonds is 10. The Morgan fingerprint density at radius 3 is 2.39 bits per heavy atom. The van der Waals surface area contributed by atoms with E-state index in [1.807, 2.05) is 75.6 Å². The molecule has 1 aliphatic heterocycles. The summed E-state index contributed by atoms with van der Waals surface area (Å²) in [5.74, 6) is -0.300. The van der Waals surface area contributed by atoms with Crippen molar-refractivity contribution in [1.82, 2.24) is 25.2 Å². The second-order valence-corrected chi connectivity index (χ2v) is 11.2. The molecule has 1 unspecified atom stereocenters. The van der Waals surface area contributed by atoms with Crippen LogP contribution >= 0.6 is 0 Å². The maximum absolute atomic E-state index is 13.9. The van der Waals surface area contributed by atoms with Crippen LogP contribution in [0.15, 0.2) is 54.6 Å². The van der Waals surface area contributed by atoms with Gasteiger partial charge in [-0.05, 0) is 56.8 Å². The van der Waals surface area contributed by atoms with Crippen molar-refractivity contribution in [2.45, 2.75) is 44.7 Å². The smallest absolute Gasteiger partial charge is 0.244 e. The lowest BCUT2D eigenvalue weighted by molar-refractivity contribution is -0.159. The van der Waals surface area contributed by atoms with E-state index < -0.39 is 11.5 Å². The number of amides is 2. The molecule has 2 aromatic carbocycles. The highest BCUT2D eigenvalue weighted by molar-refractivity contribution is 6.05. The molecule has 41 heavy (non-hydrogen) atoms. The number of hydrazine groups is 1. The maximum atomic E-state index is 13.9. The number of para-hydroxylation sites is 1. The Hall–Kier alpha value is -3.57. The van der Waals surface area contributed by atoms with Crippen LogP contribution in [0, 0.1) is 5.41 Å². The van der Waals surface area contributed by atoms with Gasteiger partial charge in [0.25, 0.3) is 0 Å². The molecule has 3 aromatic rings. The van der Waals surface area contributed by atoms with Crippen molar-refractivity contribution in [3.63, 3.8) is 0 Å². The van der Waals surface area contributed by atoms with E-state index in [4.69, 9.17) is 5.73 Å². The molecule has 0 saturated carbocycles. The van der Waals surface area contributed by atoms with Crippen LogP contribution in [-0.4, -0.2) is 96.3 Å². The number of hydrogen-bond acceptors (Lipinski definition) is 6. The molecule has 10 heteroatoms. The molecular weight excluding hydrogens is 520 g/mol. The van der Waals surface area contributed by atoms with Crippen LogP contribution in [0.1, 0.15) is 41.4 Å². The normalized spacial score (nSPS) is 18.6. The second kappa shape index (κ2) is 13.4. The summed E-state index contributed by atoms with van der Waals surface area (Å²) in [4.78, 5) is 45.9. The quantitative estimate of drug-likeness (QED) is 0.253. The number of aromatic amines is 1. The lowest BCUT2D eigenvalue weighted by atomic mass is 9.74. The lowest BCUT2D eigenvalue weighted by Gasteiger charge is -2.45.